The molecule has 0 heterocycles. The highest BCUT2D eigenvalue weighted by molar-refractivity contribution is 6.39. The van der Waals surface area contributed by atoms with Crippen LogP contribution in [0.25, 0.3) is 0 Å². The molecule has 0 unspecified atom stereocenters. The van der Waals surface area contributed by atoms with Crippen molar-refractivity contribution in [3.05, 3.63) is 0 Å². The van der Waals surface area contributed by atoms with Crippen LogP contribution in [-0.2, 0) is 8.89 Å². The molecule has 0 rings (SSSR count). The molecule has 0 aromatic heterocycles. The van der Waals surface area contributed by atoms with Gasteiger partial charge < -0.3 is 8.89 Å². The van der Waals surface area contributed by atoms with E-state index in [0.29, 0.717) is 0 Å². The summed E-state index contributed by atoms with van der Waals surface area (Å²) in [5, 5.41) is -0.210. The van der Waals surface area contributed by atoms with Gasteiger partial charge in [0.15, 0.2) is 0 Å². The molecule has 0 aromatic rings. The zero-order valence-electron chi connectivity index (χ0n) is 8.32. The predicted octanol–water partition coefficient (Wildman–Crippen LogP) is 2.52. The fraction of sp³-hybridized carbons (Fsp3) is 1.00. The van der Waals surface area contributed by atoms with Crippen LogP contribution in [0.2, 0.25) is 5.04 Å². The lowest BCUT2D eigenvalue weighted by Gasteiger charge is -2.25. The highest BCUT2D eigenvalue weighted by Crippen LogP contribution is 2.25. The molecule has 66 valence electrons. The van der Waals surface area contributed by atoms with Gasteiger partial charge in [0.2, 0.25) is 0 Å². The van der Waals surface area contributed by atoms with Gasteiger partial charge in [-0.3, -0.25) is 0 Å². The first-order chi connectivity index (χ1) is 4.63. The molecule has 0 aliphatic carbocycles. The normalized spacial score (nSPS) is 12.9. The molecule has 0 aliphatic rings. The number of rotatable bonds is 1. The average Bonchev–Trinajstić information content (AvgIpc) is 1.56. The van der Waals surface area contributed by atoms with Gasteiger partial charge in [-0.25, -0.2) is 0 Å². The lowest BCUT2D eigenvalue weighted by atomic mass is 10.2. The molecule has 0 fully saturated rings. The Labute approximate surface area is 70.7 Å². The van der Waals surface area contributed by atoms with E-state index in [1.54, 1.807) is 0 Å². The predicted molar refractivity (Wildman–Crippen MR) is 47.0 cm³/mol. The summed E-state index contributed by atoms with van der Waals surface area (Å²) in [7, 11) is -1.91. The zero-order valence-corrected chi connectivity index (χ0v) is 9.32. The van der Waals surface area contributed by atoms with E-state index < -0.39 is 8.93 Å². The van der Waals surface area contributed by atoms with Crippen molar-refractivity contribution in [2.75, 3.05) is 0 Å². The maximum atomic E-state index is 11.4. The maximum Gasteiger partial charge on any atom is 0.508 e. The van der Waals surface area contributed by atoms with Gasteiger partial charge in [-0.1, -0.05) is 20.8 Å². The van der Waals surface area contributed by atoms with Crippen LogP contribution >= 0.6 is 0 Å². The van der Waals surface area contributed by atoms with Crippen LogP contribution in [0.5, 0.6) is 0 Å². The second-order valence-corrected chi connectivity index (χ2v) is 7.03. The van der Waals surface area contributed by atoms with Crippen LogP contribution in [0.1, 0.15) is 41.5 Å². The minimum Gasteiger partial charge on any atom is -0.519 e. The quantitative estimate of drug-likeness (QED) is 0.571. The van der Waals surface area contributed by atoms with Gasteiger partial charge in [0.05, 0.1) is 5.60 Å². The first-order valence-electron chi connectivity index (χ1n) is 3.86. The summed E-state index contributed by atoms with van der Waals surface area (Å²) in [4.78, 5) is 0. The van der Waals surface area contributed by atoms with E-state index in [0.717, 1.165) is 0 Å². The van der Waals surface area contributed by atoms with Crippen molar-refractivity contribution >= 4 is 8.93 Å². The van der Waals surface area contributed by atoms with Crippen LogP contribution in [0.15, 0.2) is 0 Å². The molecule has 0 amide bonds. The van der Waals surface area contributed by atoms with Crippen molar-refractivity contribution in [3.63, 3.8) is 0 Å². The molecule has 11 heavy (non-hydrogen) atoms. The van der Waals surface area contributed by atoms with E-state index in [1.165, 1.54) is 0 Å². The molecule has 0 bridgehead atoms. The van der Waals surface area contributed by atoms with Gasteiger partial charge in [-0.05, 0) is 20.8 Å². The smallest absolute Gasteiger partial charge is 0.508 e. The second kappa shape index (κ2) is 3.05. The third-order valence-electron chi connectivity index (χ3n) is 1.01. The van der Waals surface area contributed by atoms with Gasteiger partial charge in [0.1, 0.15) is 0 Å². The molecule has 0 radical (unpaired) electrons. The van der Waals surface area contributed by atoms with Crippen LogP contribution in [0, 0.1) is 0 Å². The van der Waals surface area contributed by atoms with E-state index in [1.807, 2.05) is 41.5 Å². The molecular weight excluding hydrogens is 156 g/mol. The van der Waals surface area contributed by atoms with Crippen LogP contribution < -0.4 is 0 Å². The average molecular weight is 174 g/mol. The first kappa shape index (κ1) is 10.8. The standard InChI is InChI=1S/C8H18O2Si/c1-7(2,3)10-11(9)8(4,5)6/h1-6H3. The Balaban J connectivity index is 4.11. The second-order valence-electron chi connectivity index (χ2n) is 4.75. The summed E-state index contributed by atoms with van der Waals surface area (Å²) in [5.74, 6) is 0. The number of hydrogen-bond acceptors (Lipinski definition) is 2. The first-order valence-corrected chi connectivity index (χ1v) is 5.18. The van der Waals surface area contributed by atoms with Crippen molar-refractivity contribution in [3.8, 4) is 0 Å². The Morgan fingerprint density at radius 1 is 1.00 bits per heavy atom. The SMILES string of the molecule is CC(C)(C)O[Si](=O)C(C)(C)C. The minimum atomic E-state index is -1.91. The summed E-state index contributed by atoms with van der Waals surface area (Å²) in [5.41, 5.74) is -0.288. The molecule has 0 saturated heterocycles. The third kappa shape index (κ3) is 5.13. The highest BCUT2D eigenvalue weighted by atomic mass is 28.3. The Hall–Kier alpha value is -0.183. The third-order valence-corrected chi connectivity index (χ3v) is 3.03. The van der Waals surface area contributed by atoms with E-state index in [4.69, 9.17) is 4.43 Å². The summed E-state index contributed by atoms with van der Waals surface area (Å²) in [6, 6.07) is 0. The molecule has 0 aromatic carbocycles. The van der Waals surface area contributed by atoms with E-state index in [9.17, 15) is 4.46 Å². The molecule has 0 atom stereocenters. The summed E-state index contributed by atoms with van der Waals surface area (Å²) < 4.78 is 16.8. The Kier molecular flexibility index (Phi) is 3.00. The lowest BCUT2D eigenvalue weighted by molar-refractivity contribution is 0.109. The lowest BCUT2D eigenvalue weighted by Crippen LogP contribution is -2.30. The van der Waals surface area contributed by atoms with Gasteiger partial charge in [0, 0.05) is 5.04 Å². The van der Waals surface area contributed by atoms with Crippen molar-refractivity contribution in [2.24, 2.45) is 0 Å². The molecule has 3 heteroatoms. The van der Waals surface area contributed by atoms with Crippen LogP contribution in [0.4, 0.5) is 0 Å². The Bertz CT molecular complexity index is 150. The topological polar surface area (TPSA) is 26.3 Å². The van der Waals surface area contributed by atoms with E-state index in [-0.39, 0.29) is 10.6 Å². The molecule has 0 saturated carbocycles. The van der Waals surface area contributed by atoms with Gasteiger partial charge in [0.25, 0.3) is 0 Å². The zero-order chi connectivity index (χ0) is 9.28. The molecular formula is C8H18O2Si. The maximum absolute atomic E-state index is 11.4. The van der Waals surface area contributed by atoms with Crippen LogP contribution in [-0.4, -0.2) is 14.5 Å². The van der Waals surface area contributed by atoms with Gasteiger partial charge >= 0.3 is 8.93 Å². The minimum absolute atomic E-state index is 0.210. The summed E-state index contributed by atoms with van der Waals surface area (Å²) >= 11 is 0. The van der Waals surface area contributed by atoms with Crippen molar-refractivity contribution < 1.29 is 8.89 Å². The fourth-order valence-corrected chi connectivity index (χ4v) is 1.29. The molecule has 0 aliphatic heterocycles. The fourth-order valence-electron chi connectivity index (χ4n) is 0.431. The molecule has 2 nitrogen and oxygen atoms in total. The van der Waals surface area contributed by atoms with Crippen molar-refractivity contribution in [1.29, 1.82) is 0 Å². The van der Waals surface area contributed by atoms with Crippen LogP contribution in [0.3, 0.4) is 0 Å². The van der Waals surface area contributed by atoms with E-state index >= 15 is 0 Å². The monoisotopic (exact) mass is 174 g/mol. The van der Waals surface area contributed by atoms with Gasteiger partial charge in [-0.15, -0.1) is 0 Å². The number of hydrogen-bond donors (Lipinski definition) is 0. The largest absolute Gasteiger partial charge is 0.519 e. The molecule has 0 N–H and O–H groups in total. The van der Waals surface area contributed by atoms with E-state index in [2.05, 4.69) is 0 Å². The van der Waals surface area contributed by atoms with Crippen molar-refractivity contribution in [2.45, 2.75) is 52.2 Å². The summed E-state index contributed by atoms with van der Waals surface area (Å²) in [6.07, 6.45) is 0. The summed E-state index contributed by atoms with van der Waals surface area (Å²) in [6.45, 7) is 11.5. The Morgan fingerprint density at radius 2 is 1.36 bits per heavy atom. The molecule has 0 spiro atoms. The van der Waals surface area contributed by atoms with Crippen molar-refractivity contribution in [1.82, 2.24) is 0 Å². The highest BCUT2D eigenvalue weighted by Gasteiger charge is 2.30. The van der Waals surface area contributed by atoms with Gasteiger partial charge in [-0.2, -0.15) is 0 Å². The Morgan fingerprint density at radius 3 is 1.45 bits per heavy atom.